The smallest absolute Gasteiger partial charge is 0.339 e. The Hall–Kier alpha value is -4.71. The van der Waals surface area contributed by atoms with E-state index in [9.17, 15) is 14.4 Å². The van der Waals surface area contributed by atoms with Crippen LogP contribution in [0.2, 0.25) is 0 Å². The van der Waals surface area contributed by atoms with Gasteiger partial charge < -0.3 is 14.6 Å². The van der Waals surface area contributed by atoms with Crippen LogP contribution >= 0.6 is 0 Å². The first-order chi connectivity index (χ1) is 17.9. The number of esters is 2. The van der Waals surface area contributed by atoms with Gasteiger partial charge in [-0.05, 0) is 47.7 Å². The van der Waals surface area contributed by atoms with Crippen molar-refractivity contribution in [1.29, 1.82) is 0 Å². The van der Waals surface area contributed by atoms with Crippen molar-refractivity contribution in [3.63, 3.8) is 0 Å². The van der Waals surface area contributed by atoms with Gasteiger partial charge in [0, 0.05) is 0 Å². The van der Waals surface area contributed by atoms with E-state index >= 15 is 0 Å². The fourth-order valence-electron chi connectivity index (χ4n) is 3.41. The number of carboxylic acid groups (broad SMARTS) is 1. The van der Waals surface area contributed by atoms with Crippen LogP contribution < -0.4 is 0 Å². The zero-order valence-corrected chi connectivity index (χ0v) is 20.6. The molecule has 0 aromatic heterocycles. The lowest BCUT2D eigenvalue weighted by Crippen LogP contribution is -2.17. The number of benzene rings is 3. The molecule has 0 fully saturated rings. The Bertz CT molecular complexity index is 1230. The van der Waals surface area contributed by atoms with Crippen LogP contribution in [0.1, 0.15) is 47.8 Å². The number of hydrogen-bond acceptors (Lipinski definition) is 5. The number of carbonyl (C=O) groups is 3. The molecule has 3 aromatic carbocycles. The molecule has 0 amide bonds. The zero-order chi connectivity index (χ0) is 27.0. The molecule has 0 heterocycles. The number of carbonyl (C=O) groups excluding carboxylic acids is 2. The second-order valence-electron chi connectivity index (χ2n) is 7.73. The van der Waals surface area contributed by atoms with E-state index in [2.05, 4.69) is 19.7 Å². The molecule has 0 spiro atoms. The van der Waals surface area contributed by atoms with Crippen LogP contribution in [0, 0.1) is 0 Å². The molecule has 6 heteroatoms. The highest BCUT2D eigenvalue weighted by atomic mass is 16.5. The summed E-state index contributed by atoms with van der Waals surface area (Å²) in [5.74, 6) is -1.88. The fourth-order valence-corrected chi connectivity index (χ4v) is 3.41. The van der Waals surface area contributed by atoms with Crippen molar-refractivity contribution in [2.45, 2.75) is 19.4 Å². The maximum atomic E-state index is 12.7. The number of hydrogen-bond donors (Lipinski definition) is 1. The Balaban J connectivity index is 0.000000449. The number of carboxylic acids is 1. The Morgan fingerprint density at radius 2 is 1.35 bits per heavy atom. The molecule has 3 aromatic rings. The van der Waals surface area contributed by atoms with Crippen molar-refractivity contribution in [2.24, 2.45) is 0 Å². The third-order valence-electron chi connectivity index (χ3n) is 5.10. The molecule has 37 heavy (non-hydrogen) atoms. The molecule has 0 saturated heterocycles. The van der Waals surface area contributed by atoms with E-state index in [-0.39, 0.29) is 13.2 Å². The van der Waals surface area contributed by atoms with Crippen LogP contribution in [0.3, 0.4) is 0 Å². The van der Waals surface area contributed by atoms with Gasteiger partial charge in [0.15, 0.2) is 0 Å². The first kappa shape index (κ1) is 28.5. The van der Waals surface area contributed by atoms with Gasteiger partial charge in [0.05, 0.1) is 16.7 Å². The van der Waals surface area contributed by atoms with Gasteiger partial charge in [0.2, 0.25) is 0 Å². The Labute approximate surface area is 217 Å². The van der Waals surface area contributed by atoms with Crippen LogP contribution in [-0.4, -0.2) is 29.6 Å². The highest BCUT2D eigenvalue weighted by Gasteiger charge is 2.23. The molecule has 0 unspecified atom stereocenters. The van der Waals surface area contributed by atoms with Crippen LogP contribution in [0.25, 0.3) is 0 Å². The molecule has 3 rings (SSSR count). The third-order valence-corrected chi connectivity index (χ3v) is 5.10. The van der Waals surface area contributed by atoms with Gasteiger partial charge in [-0.2, -0.15) is 0 Å². The first-order valence-corrected chi connectivity index (χ1v) is 11.6. The monoisotopic (exact) mass is 498 g/mol. The van der Waals surface area contributed by atoms with Crippen LogP contribution in [0.15, 0.2) is 111 Å². The highest BCUT2D eigenvalue weighted by molar-refractivity contribution is 5.99. The topological polar surface area (TPSA) is 89.9 Å². The van der Waals surface area contributed by atoms with Crippen molar-refractivity contribution in [3.8, 4) is 0 Å². The molecule has 0 aliphatic heterocycles. The third kappa shape index (κ3) is 8.78. The average Bonchev–Trinajstić information content (AvgIpc) is 2.92. The summed E-state index contributed by atoms with van der Waals surface area (Å²) < 4.78 is 10.7. The summed E-state index contributed by atoms with van der Waals surface area (Å²) in [5, 5.41) is 8.38. The maximum absolute atomic E-state index is 12.7. The van der Waals surface area contributed by atoms with Crippen molar-refractivity contribution in [1.82, 2.24) is 0 Å². The van der Waals surface area contributed by atoms with E-state index < -0.39 is 17.9 Å². The summed E-state index contributed by atoms with van der Waals surface area (Å²) in [4.78, 5) is 35.6. The first-order valence-electron chi connectivity index (χ1n) is 11.6. The molecule has 0 aliphatic carbocycles. The summed E-state index contributed by atoms with van der Waals surface area (Å²) >= 11 is 0. The molecule has 0 bridgehead atoms. The lowest BCUT2D eigenvalue weighted by atomic mass is 9.92. The summed E-state index contributed by atoms with van der Waals surface area (Å²) in [7, 11) is 0. The van der Waals surface area contributed by atoms with Gasteiger partial charge in [0.1, 0.15) is 13.2 Å². The average molecular weight is 499 g/mol. The number of rotatable bonds is 11. The van der Waals surface area contributed by atoms with E-state index in [1.807, 2.05) is 30.3 Å². The van der Waals surface area contributed by atoms with Gasteiger partial charge in [-0.25, -0.2) is 14.4 Å². The quantitative estimate of drug-likeness (QED) is 0.249. The van der Waals surface area contributed by atoms with Crippen LogP contribution in [-0.2, 0) is 28.9 Å². The minimum Gasteiger partial charge on any atom is -0.478 e. The lowest BCUT2D eigenvalue weighted by Gasteiger charge is -2.16. The van der Waals surface area contributed by atoms with Crippen molar-refractivity contribution in [3.05, 3.63) is 144 Å². The van der Waals surface area contributed by atoms with Crippen LogP contribution in [0.5, 0.6) is 0 Å². The Morgan fingerprint density at radius 3 is 1.89 bits per heavy atom. The summed E-state index contributed by atoms with van der Waals surface area (Å²) in [6.45, 7) is 11.3. The second kappa shape index (κ2) is 15.3. The Morgan fingerprint density at radius 1 is 0.730 bits per heavy atom. The van der Waals surface area contributed by atoms with E-state index in [4.69, 9.17) is 14.6 Å². The van der Waals surface area contributed by atoms with Gasteiger partial charge in [-0.15, -0.1) is 13.2 Å². The van der Waals surface area contributed by atoms with E-state index in [0.717, 1.165) is 11.1 Å². The molecule has 6 nitrogen and oxygen atoms in total. The molecular weight excluding hydrogens is 468 g/mol. The molecular formula is C31H30O6. The largest absolute Gasteiger partial charge is 0.478 e. The predicted molar refractivity (Wildman–Crippen MR) is 144 cm³/mol. The molecule has 190 valence electrons. The normalized spacial score (nSPS) is 9.73. The maximum Gasteiger partial charge on any atom is 0.339 e. The summed E-state index contributed by atoms with van der Waals surface area (Å²) in [6, 6.07) is 21.1. The van der Waals surface area contributed by atoms with Gasteiger partial charge in [-0.3, -0.25) is 0 Å². The summed E-state index contributed by atoms with van der Waals surface area (Å²) in [5.41, 5.74) is 3.18. The standard InChI is InChI=1S/C24H24O4.C7H6O2/c1-4-10-19-14-15-21(23(25)28-17-18-12-8-7-9-13-18)20(11-5-2)22(19)24(26)27-16-6-3;8-7(9)6-4-2-1-3-5-6/h4-9,12-15H,1-3,10-11,16-17H2;1-5H,(H,8,9). The van der Waals surface area contributed by atoms with Crippen molar-refractivity contribution in [2.75, 3.05) is 6.61 Å². The predicted octanol–water partition coefficient (Wildman–Crippen LogP) is 6.23. The second-order valence-corrected chi connectivity index (χ2v) is 7.73. The highest BCUT2D eigenvalue weighted by Crippen LogP contribution is 2.24. The van der Waals surface area contributed by atoms with Gasteiger partial charge in [-0.1, -0.05) is 79.4 Å². The van der Waals surface area contributed by atoms with Gasteiger partial charge >= 0.3 is 17.9 Å². The zero-order valence-electron chi connectivity index (χ0n) is 20.6. The van der Waals surface area contributed by atoms with Crippen molar-refractivity contribution < 1.29 is 29.0 Å². The fraction of sp³-hybridized carbons (Fsp3) is 0.129. The number of allylic oxidation sites excluding steroid dienone is 2. The number of ether oxygens (including phenoxy) is 2. The lowest BCUT2D eigenvalue weighted by molar-refractivity contribution is 0.0471. The minimum absolute atomic E-state index is 0.0859. The molecule has 0 aliphatic rings. The van der Waals surface area contributed by atoms with E-state index in [1.165, 1.54) is 6.08 Å². The van der Waals surface area contributed by atoms with Gasteiger partial charge in [0.25, 0.3) is 0 Å². The molecule has 1 N–H and O–H groups in total. The summed E-state index contributed by atoms with van der Waals surface area (Å²) in [6.07, 6.45) is 5.65. The molecule has 0 saturated carbocycles. The number of aromatic carboxylic acids is 1. The SMILES string of the molecule is C=CCOC(=O)c1c(CC=C)ccc(C(=O)OCc2ccccc2)c1CC=C.O=C(O)c1ccccc1. The van der Waals surface area contributed by atoms with Crippen molar-refractivity contribution >= 4 is 17.9 Å². The van der Waals surface area contributed by atoms with Crippen LogP contribution in [0.4, 0.5) is 0 Å². The van der Waals surface area contributed by atoms with E-state index in [0.29, 0.717) is 35.1 Å². The van der Waals surface area contributed by atoms with E-state index in [1.54, 1.807) is 54.6 Å². The Kier molecular flexibility index (Phi) is 11.8. The minimum atomic E-state index is -0.879. The molecule has 0 atom stereocenters. The molecule has 0 radical (unpaired) electrons.